The minimum atomic E-state index is -0.540. The third-order valence-electron chi connectivity index (χ3n) is 4.25. The maximum Gasteiger partial charge on any atom is 0.256 e. The highest BCUT2D eigenvalue weighted by Gasteiger charge is 2.31. The zero-order valence-electron chi connectivity index (χ0n) is 12.6. The van der Waals surface area contributed by atoms with Crippen LogP contribution in [0, 0.1) is 5.82 Å². The third kappa shape index (κ3) is 3.55. The van der Waals surface area contributed by atoms with Crippen LogP contribution in [0.5, 0.6) is 0 Å². The smallest absolute Gasteiger partial charge is 0.256 e. The van der Waals surface area contributed by atoms with Gasteiger partial charge in [-0.1, -0.05) is 15.9 Å². The van der Waals surface area contributed by atoms with E-state index in [0.717, 1.165) is 12.8 Å². The maximum atomic E-state index is 13.9. The van der Waals surface area contributed by atoms with E-state index in [1.807, 2.05) is 0 Å². The van der Waals surface area contributed by atoms with Gasteiger partial charge in [0.15, 0.2) is 0 Å². The van der Waals surface area contributed by atoms with Crippen molar-refractivity contribution in [1.82, 2.24) is 9.80 Å². The van der Waals surface area contributed by atoms with E-state index in [4.69, 9.17) is 4.74 Å². The summed E-state index contributed by atoms with van der Waals surface area (Å²) in [6, 6.07) is 4.41. The molecule has 7 heteroatoms. The topological polar surface area (TPSA) is 49.9 Å². The van der Waals surface area contributed by atoms with E-state index in [0.29, 0.717) is 37.3 Å². The van der Waals surface area contributed by atoms with Gasteiger partial charge < -0.3 is 14.5 Å². The van der Waals surface area contributed by atoms with Gasteiger partial charge in [-0.15, -0.1) is 0 Å². The van der Waals surface area contributed by atoms with Crippen molar-refractivity contribution in [3.8, 4) is 0 Å². The Bertz CT molecular complexity index is 611. The molecule has 0 aliphatic carbocycles. The number of amides is 2. The minimum absolute atomic E-state index is 0.00409. The molecule has 2 aliphatic heterocycles. The molecule has 2 saturated heterocycles. The van der Waals surface area contributed by atoms with Crippen LogP contribution in [0.3, 0.4) is 0 Å². The van der Waals surface area contributed by atoms with E-state index in [1.165, 1.54) is 12.1 Å². The number of carbonyl (C=O) groups is 2. The number of halogens is 2. The summed E-state index contributed by atoms with van der Waals surface area (Å²) in [5.41, 5.74) is 0.0621. The van der Waals surface area contributed by atoms with Gasteiger partial charge >= 0.3 is 0 Å². The van der Waals surface area contributed by atoms with Crippen LogP contribution in [-0.4, -0.2) is 60.5 Å². The molecule has 0 bridgehead atoms. The lowest BCUT2D eigenvalue weighted by Gasteiger charge is -2.35. The van der Waals surface area contributed by atoms with E-state index in [2.05, 4.69) is 15.9 Å². The van der Waals surface area contributed by atoms with Crippen molar-refractivity contribution in [3.05, 3.63) is 34.1 Å². The Labute approximate surface area is 142 Å². The molecule has 0 aromatic heterocycles. The number of hydrogen-bond acceptors (Lipinski definition) is 3. The van der Waals surface area contributed by atoms with Gasteiger partial charge in [0.2, 0.25) is 0 Å². The maximum absolute atomic E-state index is 13.9. The summed E-state index contributed by atoms with van der Waals surface area (Å²) in [5, 5.41) is 0. The third-order valence-corrected chi connectivity index (χ3v) is 4.74. The first-order chi connectivity index (χ1) is 11.1. The summed E-state index contributed by atoms with van der Waals surface area (Å²) >= 11 is 3.18. The van der Waals surface area contributed by atoms with Crippen molar-refractivity contribution in [2.75, 3.05) is 32.8 Å². The van der Waals surface area contributed by atoms with Gasteiger partial charge in [0.25, 0.3) is 11.8 Å². The second kappa shape index (κ2) is 6.97. The number of nitrogens with zero attached hydrogens (tertiary/aromatic N) is 2. The molecule has 23 heavy (non-hydrogen) atoms. The molecule has 0 saturated carbocycles. The number of rotatable bonds is 2. The van der Waals surface area contributed by atoms with Crippen molar-refractivity contribution in [1.29, 1.82) is 0 Å². The first kappa shape index (κ1) is 16.4. The monoisotopic (exact) mass is 384 g/mol. The normalized spacial score (nSPS) is 21.6. The fraction of sp³-hybridized carbons (Fsp3) is 0.500. The average molecular weight is 385 g/mol. The Hall–Kier alpha value is -1.47. The lowest BCUT2D eigenvalue weighted by molar-refractivity contribution is -0.142. The van der Waals surface area contributed by atoms with Gasteiger partial charge in [-0.05, 0) is 31.0 Å². The van der Waals surface area contributed by atoms with Gasteiger partial charge in [-0.2, -0.15) is 0 Å². The molecule has 2 aliphatic rings. The number of piperazine rings is 1. The van der Waals surface area contributed by atoms with Crippen LogP contribution in [0.15, 0.2) is 22.7 Å². The zero-order valence-corrected chi connectivity index (χ0v) is 14.2. The van der Waals surface area contributed by atoms with Crippen LogP contribution >= 0.6 is 15.9 Å². The quantitative estimate of drug-likeness (QED) is 0.783. The molecule has 2 fully saturated rings. The molecule has 3 rings (SSSR count). The highest BCUT2D eigenvalue weighted by Crippen LogP contribution is 2.19. The molecule has 1 aromatic carbocycles. The standard InChI is InChI=1S/C16H18BrFN2O3/c17-11-3-4-12(13(18)10-11)15(21)19-5-7-20(8-6-19)16(22)14-2-1-9-23-14/h3-4,10,14H,1-2,5-9H2. The van der Waals surface area contributed by atoms with Crippen molar-refractivity contribution >= 4 is 27.7 Å². The van der Waals surface area contributed by atoms with Crippen LogP contribution in [-0.2, 0) is 9.53 Å². The van der Waals surface area contributed by atoms with Gasteiger partial charge in [0.1, 0.15) is 11.9 Å². The summed E-state index contributed by atoms with van der Waals surface area (Å²) < 4.78 is 19.9. The predicted molar refractivity (Wildman–Crippen MR) is 85.6 cm³/mol. The molecule has 5 nitrogen and oxygen atoms in total. The second-order valence-corrected chi connectivity index (χ2v) is 6.66. The van der Waals surface area contributed by atoms with E-state index in [1.54, 1.807) is 15.9 Å². The molecule has 0 spiro atoms. The minimum Gasteiger partial charge on any atom is -0.368 e. The van der Waals surface area contributed by atoms with E-state index >= 15 is 0 Å². The van der Waals surface area contributed by atoms with Gasteiger partial charge in [0, 0.05) is 37.3 Å². The Morgan fingerprint density at radius 3 is 2.48 bits per heavy atom. The molecule has 124 valence electrons. The van der Waals surface area contributed by atoms with Crippen molar-refractivity contribution in [3.63, 3.8) is 0 Å². The molecule has 2 heterocycles. The summed E-state index contributed by atoms with van der Waals surface area (Å²) in [7, 11) is 0. The van der Waals surface area contributed by atoms with Gasteiger partial charge in [-0.25, -0.2) is 4.39 Å². The second-order valence-electron chi connectivity index (χ2n) is 5.74. The molecule has 0 radical (unpaired) electrons. The Morgan fingerprint density at radius 2 is 1.87 bits per heavy atom. The SMILES string of the molecule is O=C(c1ccc(Br)cc1F)N1CCN(C(=O)C2CCCO2)CC1. The highest BCUT2D eigenvalue weighted by atomic mass is 79.9. The largest absolute Gasteiger partial charge is 0.368 e. The summed E-state index contributed by atoms with van der Waals surface area (Å²) in [6.45, 7) is 2.38. The van der Waals surface area contributed by atoms with E-state index in [9.17, 15) is 14.0 Å². The molecule has 1 atom stereocenters. The van der Waals surface area contributed by atoms with Gasteiger partial charge in [-0.3, -0.25) is 9.59 Å². The lowest BCUT2D eigenvalue weighted by atomic mass is 10.1. The molecule has 0 N–H and O–H groups in total. The first-order valence-corrected chi connectivity index (χ1v) is 8.50. The van der Waals surface area contributed by atoms with E-state index in [-0.39, 0.29) is 23.5 Å². The van der Waals surface area contributed by atoms with Crippen LogP contribution in [0.2, 0.25) is 0 Å². The fourth-order valence-electron chi connectivity index (χ4n) is 2.94. The summed E-state index contributed by atoms with van der Waals surface area (Å²) in [6.07, 6.45) is 1.35. The number of ether oxygens (including phenoxy) is 1. The van der Waals surface area contributed by atoms with Crippen LogP contribution in [0.4, 0.5) is 4.39 Å². The van der Waals surface area contributed by atoms with Crippen LogP contribution in [0.1, 0.15) is 23.2 Å². The summed E-state index contributed by atoms with van der Waals surface area (Å²) in [5.74, 6) is -0.870. The molecule has 1 unspecified atom stereocenters. The molecular weight excluding hydrogens is 367 g/mol. The first-order valence-electron chi connectivity index (χ1n) is 7.71. The fourth-order valence-corrected chi connectivity index (χ4v) is 3.27. The summed E-state index contributed by atoms with van der Waals surface area (Å²) in [4.78, 5) is 28.0. The zero-order chi connectivity index (χ0) is 16.4. The number of hydrogen-bond donors (Lipinski definition) is 0. The van der Waals surface area contributed by atoms with Crippen molar-refractivity contribution < 1.29 is 18.7 Å². The van der Waals surface area contributed by atoms with Gasteiger partial charge in [0.05, 0.1) is 5.56 Å². The Morgan fingerprint density at radius 1 is 1.17 bits per heavy atom. The number of benzene rings is 1. The van der Waals surface area contributed by atoms with Crippen LogP contribution < -0.4 is 0 Å². The lowest BCUT2D eigenvalue weighted by Crippen LogP contribution is -2.52. The Balaban J connectivity index is 1.60. The molecule has 1 aromatic rings. The average Bonchev–Trinajstić information content (AvgIpc) is 3.08. The highest BCUT2D eigenvalue weighted by molar-refractivity contribution is 9.10. The van der Waals surface area contributed by atoms with Crippen molar-refractivity contribution in [2.45, 2.75) is 18.9 Å². The predicted octanol–water partition coefficient (Wildman–Crippen LogP) is 2.05. The van der Waals surface area contributed by atoms with Crippen LogP contribution in [0.25, 0.3) is 0 Å². The van der Waals surface area contributed by atoms with E-state index < -0.39 is 5.82 Å². The molecular formula is C16H18BrFN2O3. The van der Waals surface area contributed by atoms with Crippen molar-refractivity contribution in [2.24, 2.45) is 0 Å². The molecule has 2 amide bonds. The Kier molecular flexibility index (Phi) is 4.96. The number of carbonyl (C=O) groups excluding carboxylic acids is 2.